The molecule has 0 saturated heterocycles. The van der Waals surface area contributed by atoms with Crippen molar-refractivity contribution in [1.82, 2.24) is 5.01 Å². The number of methoxy groups -OCH3 is 1. The van der Waals surface area contributed by atoms with Gasteiger partial charge in [-0.2, -0.15) is 10.1 Å². The van der Waals surface area contributed by atoms with Gasteiger partial charge in [0.15, 0.2) is 5.17 Å². The summed E-state index contributed by atoms with van der Waals surface area (Å²) in [6.45, 7) is 0. The number of thioether (sulfide) groups is 1. The van der Waals surface area contributed by atoms with E-state index in [4.69, 9.17) is 21.4 Å². The Bertz CT molecular complexity index is 1380. The minimum atomic E-state index is -0.670. The molecule has 3 aromatic rings. The molecule has 2 heterocycles. The highest BCUT2D eigenvalue weighted by Gasteiger charge is 2.39. The maximum absolute atomic E-state index is 13.6. The summed E-state index contributed by atoms with van der Waals surface area (Å²) < 4.78 is 18.7. The van der Waals surface area contributed by atoms with Gasteiger partial charge in [-0.15, -0.1) is 0 Å². The van der Waals surface area contributed by atoms with Crippen molar-refractivity contribution in [3.05, 3.63) is 94.8 Å². The Labute approximate surface area is 222 Å². The molecule has 5 rings (SSSR count). The zero-order valence-electron chi connectivity index (χ0n) is 19.7. The van der Waals surface area contributed by atoms with Crippen LogP contribution in [0.25, 0.3) is 0 Å². The van der Waals surface area contributed by atoms with Crippen LogP contribution in [-0.4, -0.2) is 40.1 Å². The highest BCUT2D eigenvalue weighted by molar-refractivity contribution is 8.15. The van der Waals surface area contributed by atoms with Crippen molar-refractivity contribution in [2.45, 2.75) is 24.1 Å². The van der Waals surface area contributed by atoms with Gasteiger partial charge in [0.2, 0.25) is 5.91 Å². The summed E-state index contributed by atoms with van der Waals surface area (Å²) in [6, 6.07) is 20.2. The predicted octanol–water partition coefficient (Wildman–Crippen LogP) is 5.67. The van der Waals surface area contributed by atoms with E-state index in [0.717, 1.165) is 16.8 Å². The van der Waals surface area contributed by atoms with E-state index in [1.165, 1.54) is 23.9 Å². The number of hydrogen-bond donors (Lipinski definition) is 1. The second-order valence-corrected chi connectivity index (χ2v) is 10.1. The molecular formula is C27H22ClFN4O3S. The van der Waals surface area contributed by atoms with E-state index in [1.807, 2.05) is 12.1 Å². The number of carbonyl (C=O) groups excluding carboxylic acids is 2. The van der Waals surface area contributed by atoms with Gasteiger partial charge in [0, 0.05) is 23.6 Å². The first-order valence-corrected chi connectivity index (χ1v) is 12.8. The Balaban J connectivity index is 1.33. The topological polar surface area (TPSA) is 83.4 Å². The average molecular weight is 537 g/mol. The minimum Gasteiger partial charge on any atom is -0.497 e. The van der Waals surface area contributed by atoms with Gasteiger partial charge in [-0.3, -0.25) is 9.59 Å². The van der Waals surface area contributed by atoms with Gasteiger partial charge in [-0.25, -0.2) is 9.40 Å². The number of amidine groups is 1. The van der Waals surface area contributed by atoms with Crippen LogP contribution in [0.15, 0.2) is 82.9 Å². The van der Waals surface area contributed by atoms with Crippen LogP contribution >= 0.6 is 23.4 Å². The van der Waals surface area contributed by atoms with E-state index < -0.39 is 11.2 Å². The van der Waals surface area contributed by atoms with Crippen molar-refractivity contribution in [3.63, 3.8) is 0 Å². The van der Waals surface area contributed by atoms with Crippen LogP contribution in [0.2, 0.25) is 5.02 Å². The molecule has 3 aromatic carbocycles. The molecule has 2 aliphatic rings. The summed E-state index contributed by atoms with van der Waals surface area (Å²) >= 11 is 7.25. The maximum atomic E-state index is 13.6. The van der Waals surface area contributed by atoms with Crippen molar-refractivity contribution < 1.29 is 18.7 Å². The van der Waals surface area contributed by atoms with Crippen LogP contribution in [0.5, 0.6) is 5.75 Å². The van der Waals surface area contributed by atoms with Crippen LogP contribution in [0.3, 0.4) is 0 Å². The molecule has 0 spiro atoms. The Kier molecular flexibility index (Phi) is 7.25. The first-order valence-electron chi connectivity index (χ1n) is 11.5. The number of rotatable bonds is 6. The molecule has 1 N–H and O–H groups in total. The number of aliphatic imine (C=N–C) groups is 1. The number of amides is 2. The number of anilines is 1. The molecule has 37 heavy (non-hydrogen) atoms. The summed E-state index contributed by atoms with van der Waals surface area (Å²) in [6.07, 6.45) is 0.495. The van der Waals surface area contributed by atoms with Crippen molar-refractivity contribution >= 4 is 51.7 Å². The lowest BCUT2D eigenvalue weighted by Crippen LogP contribution is -2.25. The van der Waals surface area contributed by atoms with Crippen LogP contribution in [0, 0.1) is 5.82 Å². The fourth-order valence-electron chi connectivity index (χ4n) is 4.11. The smallest absolute Gasteiger partial charge is 0.262 e. The number of hydrazone groups is 1. The Morgan fingerprint density at radius 3 is 2.49 bits per heavy atom. The third kappa shape index (κ3) is 5.68. The van der Waals surface area contributed by atoms with E-state index in [-0.39, 0.29) is 24.2 Å². The first kappa shape index (κ1) is 25.0. The molecular weight excluding hydrogens is 515 g/mol. The monoisotopic (exact) mass is 536 g/mol. The summed E-state index contributed by atoms with van der Waals surface area (Å²) in [4.78, 5) is 29.6. The minimum absolute atomic E-state index is 0.0364. The van der Waals surface area contributed by atoms with Crippen LogP contribution in [0.1, 0.15) is 30.0 Å². The van der Waals surface area contributed by atoms with Crippen molar-refractivity contribution in [2.75, 3.05) is 12.4 Å². The van der Waals surface area contributed by atoms with E-state index in [0.29, 0.717) is 28.0 Å². The molecule has 0 aliphatic carbocycles. The molecule has 0 radical (unpaired) electrons. The molecule has 0 bridgehead atoms. The second-order valence-electron chi connectivity index (χ2n) is 8.49. The Morgan fingerprint density at radius 2 is 1.81 bits per heavy atom. The van der Waals surface area contributed by atoms with Crippen molar-refractivity contribution in [3.8, 4) is 5.75 Å². The van der Waals surface area contributed by atoms with Crippen LogP contribution < -0.4 is 10.1 Å². The van der Waals surface area contributed by atoms with E-state index in [9.17, 15) is 14.0 Å². The summed E-state index contributed by atoms with van der Waals surface area (Å²) in [5.74, 6) is -0.345. The van der Waals surface area contributed by atoms with E-state index in [1.54, 1.807) is 60.6 Å². The highest BCUT2D eigenvalue weighted by atomic mass is 35.5. The lowest BCUT2D eigenvalue weighted by Gasteiger charge is -2.23. The van der Waals surface area contributed by atoms with Crippen LogP contribution in [0.4, 0.5) is 10.1 Å². The summed E-state index contributed by atoms with van der Waals surface area (Å²) in [5.41, 5.74) is 3.13. The lowest BCUT2D eigenvalue weighted by atomic mass is 9.98. The zero-order valence-corrected chi connectivity index (χ0v) is 21.3. The Morgan fingerprint density at radius 1 is 1.11 bits per heavy atom. The van der Waals surface area contributed by atoms with Crippen molar-refractivity contribution in [1.29, 1.82) is 0 Å². The third-order valence-corrected chi connectivity index (χ3v) is 7.41. The van der Waals surface area contributed by atoms with Gasteiger partial charge in [0.05, 0.1) is 18.9 Å². The molecule has 0 aromatic heterocycles. The van der Waals surface area contributed by atoms with Gasteiger partial charge in [-0.05, 0) is 59.7 Å². The van der Waals surface area contributed by atoms with Gasteiger partial charge >= 0.3 is 0 Å². The standard InChI is InChI=1S/C27H22ClFN4O3S/c1-36-21-12-10-20(11-13-21)30-25(34)15-24-26(35)31-27(37-24)33-23(17-4-8-19(29)9-5-17)14-22(32-33)16-2-6-18(28)7-3-16/h2-13,23-24H,14-15H2,1H3,(H,30,34)/t23-,24+/m1/s1. The Hall–Kier alpha value is -3.69. The number of hydrogen-bond acceptors (Lipinski definition) is 6. The SMILES string of the molecule is COc1ccc(NC(=O)C[C@@H]2SC(N3N=C(c4ccc(Cl)cc4)C[C@@H]3c3ccc(F)cc3)=NC2=O)cc1. The number of ether oxygens (including phenoxy) is 1. The fourth-order valence-corrected chi connectivity index (χ4v) is 5.29. The molecule has 10 heteroatoms. The first-order chi connectivity index (χ1) is 17.9. The van der Waals surface area contributed by atoms with E-state index >= 15 is 0 Å². The fraction of sp³-hybridized carbons (Fsp3) is 0.185. The predicted molar refractivity (Wildman–Crippen MR) is 144 cm³/mol. The summed E-state index contributed by atoms with van der Waals surface area (Å²) in [5, 5.41) is 9.63. The third-order valence-electron chi connectivity index (χ3n) is 6.01. The van der Waals surface area contributed by atoms with Gasteiger partial charge in [-0.1, -0.05) is 47.6 Å². The van der Waals surface area contributed by atoms with Gasteiger partial charge < -0.3 is 10.1 Å². The number of halogens is 2. The maximum Gasteiger partial charge on any atom is 0.262 e. The highest BCUT2D eigenvalue weighted by Crippen LogP contribution is 2.38. The quantitative estimate of drug-likeness (QED) is 0.439. The number of nitrogens with zero attached hydrogens (tertiary/aromatic N) is 3. The van der Waals surface area contributed by atoms with Gasteiger partial charge in [0.1, 0.15) is 16.8 Å². The molecule has 2 atom stereocenters. The van der Waals surface area contributed by atoms with E-state index in [2.05, 4.69) is 10.3 Å². The van der Waals surface area contributed by atoms with Crippen molar-refractivity contribution in [2.24, 2.45) is 10.1 Å². The molecule has 2 amide bonds. The zero-order chi connectivity index (χ0) is 25.9. The average Bonchev–Trinajstić information content (AvgIpc) is 3.49. The molecule has 0 unspecified atom stereocenters. The molecule has 188 valence electrons. The lowest BCUT2D eigenvalue weighted by molar-refractivity contribution is -0.121. The number of carbonyl (C=O) groups is 2. The van der Waals surface area contributed by atoms with Crippen LogP contribution in [-0.2, 0) is 9.59 Å². The molecule has 0 fully saturated rings. The molecule has 7 nitrogen and oxygen atoms in total. The normalized spacial score (nSPS) is 19.0. The number of nitrogens with one attached hydrogen (secondary N) is 1. The summed E-state index contributed by atoms with van der Waals surface area (Å²) in [7, 11) is 1.57. The molecule has 2 aliphatic heterocycles. The number of benzene rings is 3. The largest absolute Gasteiger partial charge is 0.497 e. The molecule has 0 saturated carbocycles. The van der Waals surface area contributed by atoms with Gasteiger partial charge in [0.25, 0.3) is 5.91 Å². The second kappa shape index (κ2) is 10.7.